The molecule has 1 aromatic carbocycles. The first kappa shape index (κ1) is 21.7. The standard InChI is InChI=1S/C17H22Cl2N6O3S/c1-23-5-3-4-15(10-23)25(16-9-20-24(2)11-16)29(27,28)22-17(26)21-14-7-12(18)6-13(19)8-14/h6-9,11,15H,3-5,10H2,1-2H3,(H2,21,22,26)/p-1. The van der Waals surface area contributed by atoms with Crippen molar-refractivity contribution in [2.75, 3.05) is 29.8 Å². The maximum absolute atomic E-state index is 13.1. The van der Waals surface area contributed by atoms with Crippen molar-refractivity contribution in [2.24, 2.45) is 11.4 Å². The van der Waals surface area contributed by atoms with Crippen molar-refractivity contribution in [3.63, 3.8) is 0 Å². The highest BCUT2D eigenvalue weighted by atomic mass is 35.5. The number of hydrogen-bond donors (Lipinski definition) is 1. The van der Waals surface area contributed by atoms with Gasteiger partial charge in [0.25, 0.3) is 0 Å². The highest BCUT2D eigenvalue weighted by Crippen LogP contribution is 2.27. The van der Waals surface area contributed by atoms with Crippen molar-refractivity contribution in [2.45, 2.75) is 18.9 Å². The van der Waals surface area contributed by atoms with E-state index in [0.29, 0.717) is 28.7 Å². The van der Waals surface area contributed by atoms with Gasteiger partial charge in [-0.25, -0.2) is 4.31 Å². The number of benzene rings is 1. The molecule has 1 unspecified atom stereocenters. The van der Waals surface area contributed by atoms with E-state index in [0.717, 1.165) is 13.0 Å². The summed E-state index contributed by atoms with van der Waals surface area (Å²) in [4.78, 5) is 2.04. The molecular weight excluding hydrogens is 439 g/mol. The van der Waals surface area contributed by atoms with Gasteiger partial charge in [0.1, 0.15) is 0 Å². The van der Waals surface area contributed by atoms with Gasteiger partial charge < -0.3 is 15.3 Å². The van der Waals surface area contributed by atoms with E-state index in [1.165, 1.54) is 33.4 Å². The van der Waals surface area contributed by atoms with Crippen molar-refractivity contribution >= 4 is 50.8 Å². The monoisotopic (exact) mass is 459 g/mol. The van der Waals surface area contributed by atoms with Crippen LogP contribution in [0.2, 0.25) is 10.0 Å². The zero-order chi connectivity index (χ0) is 21.2. The topological polar surface area (TPSA) is 106 Å². The molecule has 1 aliphatic rings. The van der Waals surface area contributed by atoms with Crippen molar-refractivity contribution in [3.05, 3.63) is 40.6 Å². The molecule has 2 heterocycles. The Bertz CT molecular complexity index is 990. The Morgan fingerprint density at radius 3 is 2.59 bits per heavy atom. The van der Waals surface area contributed by atoms with Gasteiger partial charge in [-0.1, -0.05) is 23.2 Å². The second kappa shape index (κ2) is 8.78. The summed E-state index contributed by atoms with van der Waals surface area (Å²) in [6.45, 7) is 1.40. The van der Waals surface area contributed by atoms with E-state index in [9.17, 15) is 13.5 Å². The van der Waals surface area contributed by atoms with Crippen LogP contribution < -0.4 is 14.7 Å². The summed E-state index contributed by atoms with van der Waals surface area (Å²) in [6.07, 6.45) is 4.51. The third kappa shape index (κ3) is 5.53. The highest BCUT2D eigenvalue weighted by Gasteiger charge is 2.33. The van der Waals surface area contributed by atoms with Crippen molar-refractivity contribution in [3.8, 4) is 0 Å². The van der Waals surface area contributed by atoms with Crippen LogP contribution in [0.3, 0.4) is 0 Å². The molecule has 29 heavy (non-hydrogen) atoms. The molecule has 1 aromatic heterocycles. The first-order valence-electron chi connectivity index (χ1n) is 8.86. The number of aryl methyl sites for hydroxylation is 1. The van der Waals surface area contributed by atoms with E-state index < -0.39 is 16.2 Å². The van der Waals surface area contributed by atoms with Gasteiger partial charge in [0.05, 0.1) is 23.9 Å². The maximum Gasteiger partial charge on any atom is 0.345 e. The van der Waals surface area contributed by atoms with Gasteiger partial charge in [-0.15, -0.1) is 4.40 Å². The molecule has 1 fully saturated rings. The molecule has 0 saturated carbocycles. The number of likely N-dealkylation sites (N-methyl/N-ethyl adjacent to an activating group) is 1. The summed E-state index contributed by atoms with van der Waals surface area (Å²) < 4.78 is 32.3. The fourth-order valence-corrected chi connectivity index (χ4v) is 5.08. The van der Waals surface area contributed by atoms with Gasteiger partial charge in [-0.05, 0) is 44.6 Å². The molecule has 0 aliphatic carbocycles. The fourth-order valence-electron chi connectivity index (χ4n) is 3.31. The number of nitrogens with one attached hydrogen (secondary N) is 1. The quantitative estimate of drug-likeness (QED) is 0.538. The number of amidine groups is 1. The number of rotatable bonds is 5. The molecule has 1 aliphatic heterocycles. The van der Waals surface area contributed by atoms with Gasteiger partial charge >= 0.3 is 10.2 Å². The van der Waals surface area contributed by atoms with E-state index in [1.807, 2.05) is 11.9 Å². The normalized spacial score (nSPS) is 18.6. The van der Waals surface area contributed by atoms with Crippen LogP contribution in [0.15, 0.2) is 35.0 Å². The summed E-state index contributed by atoms with van der Waals surface area (Å²) in [5, 5.41) is 19.4. The van der Waals surface area contributed by atoms with Crippen molar-refractivity contribution in [1.82, 2.24) is 14.7 Å². The van der Waals surface area contributed by atoms with E-state index in [1.54, 1.807) is 13.2 Å². The van der Waals surface area contributed by atoms with Crippen LogP contribution in [-0.2, 0) is 17.3 Å². The van der Waals surface area contributed by atoms with Crippen molar-refractivity contribution in [1.29, 1.82) is 0 Å². The Morgan fingerprint density at radius 2 is 2.00 bits per heavy atom. The molecule has 12 heteroatoms. The molecule has 1 atom stereocenters. The Hall–Kier alpha value is -2.01. The number of nitrogens with zero attached hydrogens (tertiary/aromatic N) is 5. The average Bonchev–Trinajstić information content (AvgIpc) is 2.98. The zero-order valence-corrected chi connectivity index (χ0v) is 18.2. The average molecular weight is 460 g/mol. The van der Waals surface area contributed by atoms with E-state index in [-0.39, 0.29) is 11.7 Å². The smallest absolute Gasteiger partial charge is 0.345 e. The zero-order valence-electron chi connectivity index (χ0n) is 15.9. The Morgan fingerprint density at radius 1 is 1.31 bits per heavy atom. The molecule has 2 aromatic rings. The molecule has 158 valence electrons. The minimum absolute atomic E-state index is 0.247. The molecule has 1 saturated heterocycles. The van der Waals surface area contributed by atoms with Gasteiger partial charge in [0.15, 0.2) is 0 Å². The molecule has 9 nitrogen and oxygen atoms in total. The SMILES string of the molecule is CN1CCCC(N(c2cnn(C)c2)S(=O)(=O)/N=C(\[O-])Nc2cc(Cl)cc(Cl)c2)C1. The lowest BCUT2D eigenvalue weighted by molar-refractivity contribution is -0.213. The van der Waals surface area contributed by atoms with Gasteiger partial charge in [0, 0.05) is 35.5 Å². The van der Waals surface area contributed by atoms with E-state index >= 15 is 0 Å². The van der Waals surface area contributed by atoms with Crippen LogP contribution in [0.1, 0.15) is 12.8 Å². The number of hydrogen-bond acceptors (Lipinski definition) is 5. The third-order valence-corrected chi connectivity index (χ3v) is 6.28. The van der Waals surface area contributed by atoms with Crippen LogP contribution in [0.4, 0.5) is 11.4 Å². The summed E-state index contributed by atoms with van der Waals surface area (Å²) in [7, 11) is -0.712. The van der Waals surface area contributed by atoms with Gasteiger partial charge in [-0.2, -0.15) is 13.5 Å². The minimum Gasteiger partial charge on any atom is -0.845 e. The van der Waals surface area contributed by atoms with E-state index in [2.05, 4.69) is 14.8 Å². The lowest BCUT2D eigenvalue weighted by Gasteiger charge is -2.36. The number of aromatic nitrogens is 2. The van der Waals surface area contributed by atoms with Crippen LogP contribution in [0.25, 0.3) is 0 Å². The number of halogens is 2. The highest BCUT2D eigenvalue weighted by molar-refractivity contribution is 7.91. The minimum atomic E-state index is -4.32. The van der Waals surface area contributed by atoms with Crippen LogP contribution in [0, 0.1) is 0 Å². The molecule has 0 radical (unpaired) electrons. The third-order valence-electron chi connectivity index (χ3n) is 4.44. The predicted molar refractivity (Wildman–Crippen MR) is 113 cm³/mol. The summed E-state index contributed by atoms with van der Waals surface area (Å²) >= 11 is 11.8. The maximum atomic E-state index is 13.1. The van der Waals surface area contributed by atoms with E-state index in [4.69, 9.17) is 23.2 Å². The van der Waals surface area contributed by atoms with Crippen LogP contribution in [-0.4, -0.2) is 55.3 Å². The van der Waals surface area contributed by atoms with Gasteiger partial charge in [-0.3, -0.25) is 4.68 Å². The number of likely N-dealkylation sites (tertiary alicyclic amines) is 1. The largest absolute Gasteiger partial charge is 0.845 e. The second-order valence-electron chi connectivity index (χ2n) is 6.88. The number of piperidine rings is 1. The molecule has 1 N–H and O–H groups in total. The lowest BCUT2D eigenvalue weighted by atomic mass is 10.1. The second-order valence-corrected chi connectivity index (χ2v) is 9.23. The Kier molecular flexibility index (Phi) is 6.57. The number of anilines is 2. The van der Waals surface area contributed by atoms with Crippen LogP contribution >= 0.6 is 23.2 Å². The summed E-state index contributed by atoms with van der Waals surface area (Å²) in [5.41, 5.74) is 0.604. The first-order chi connectivity index (χ1) is 13.6. The Balaban J connectivity index is 1.91. The summed E-state index contributed by atoms with van der Waals surface area (Å²) in [5.74, 6) is 0. The van der Waals surface area contributed by atoms with Crippen LogP contribution in [0.5, 0.6) is 0 Å². The molecule has 0 spiro atoms. The predicted octanol–water partition coefficient (Wildman–Crippen LogP) is 1.70. The molecular formula is C17H21Cl2N6O3S-. The lowest BCUT2D eigenvalue weighted by Crippen LogP contribution is -2.49. The fraction of sp³-hybridized carbons (Fsp3) is 0.412. The Labute approximate surface area is 179 Å². The first-order valence-corrected chi connectivity index (χ1v) is 11.0. The van der Waals surface area contributed by atoms with Crippen molar-refractivity contribution < 1.29 is 13.5 Å². The molecule has 0 bridgehead atoms. The molecule has 3 rings (SSSR count). The van der Waals surface area contributed by atoms with Gasteiger partial charge in [0.2, 0.25) is 0 Å². The molecule has 0 amide bonds. The summed E-state index contributed by atoms with van der Waals surface area (Å²) in [6, 6.07) is 2.99.